The number of aryl methyl sites for hydroxylation is 1. The number of carboxylic acid groups (broad SMARTS) is 1. The van der Waals surface area contributed by atoms with E-state index in [0.717, 1.165) is 34.2 Å². The smallest absolute Gasteiger partial charge is 0.475 e. The van der Waals surface area contributed by atoms with Crippen molar-refractivity contribution in [3.8, 4) is 11.1 Å². The molecule has 0 aliphatic rings. The molecule has 0 aliphatic carbocycles. The highest BCUT2D eigenvalue weighted by Gasteiger charge is 2.38. The minimum Gasteiger partial charge on any atom is -0.475 e. The summed E-state index contributed by atoms with van der Waals surface area (Å²) in [5.74, 6) is -4.41. The van der Waals surface area contributed by atoms with Crippen molar-refractivity contribution in [1.82, 2.24) is 19.6 Å². The number of urea groups is 1. The minimum absolute atomic E-state index is 0.126. The number of carbonyl (C=O) groups excluding carboxylic acids is 1. The molecule has 4 rings (SSSR count). The number of rotatable bonds is 9. The number of hydrogen-bond donors (Lipinski definition) is 3. The number of alkyl halides is 3. The normalized spacial score (nSPS) is 11.6. The predicted octanol–water partition coefficient (Wildman–Crippen LogP) is 6.41. The van der Waals surface area contributed by atoms with Gasteiger partial charge in [-0.05, 0) is 54.7 Å². The van der Waals surface area contributed by atoms with Gasteiger partial charge in [-0.2, -0.15) is 13.2 Å². The van der Waals surface area contributed by atoms with Crippen molar-refractivity contribution < 1.29 is 49.5 Å². The SMILES string of the molecule is Cc1nccn1Cc1ccc(-c2cc(CC(C)C)sc2S(=O)(=O)NC(=O)NCc2ccc(F)c(F)c2)cc1F.O=C(O)C(F)(F)F. The van der Waals surface area contributed by atoms with Crippen molar-refractivity contribution in [1.29, 1.82) is 0 Å². The summed E-state index contributed by atoms with van der Waals surface area (Å²) in [6, 6.07) is 8.28. The maximum Gasteiger partial charge on any atom is 0.490 e. The highest BCUT2D eigenvalue weighted by atomic mass is 32.2. The largest absolute Gasteiger partial charge is 0.490 e. The van der Waals surface area contributed by atoms with E-state index >= 15 is 4.39 Å². The van der Waals surface area contributed by atoms with E-state index in [2.05, 4.69) is 10.3 Å². The van der Waals surface area contributed by atoms with Crippen LogP contribution in [0.15, 0.2) is 59.1 Å². The molecule has 2 amide bonds. The van der Waals surface area contributed by atoms with Gasteiger partial charge in [0.15, 0.2) is 11.6 Å². The van der Waals surface area contributed by atoms with Gasteiger partial charge in [0.05, 0.1) is 6.54 Å². The summed E-state index contributed by atoms with van der Waals surface area (Å²) in [6.45, 7) is 5.84. The lowest BCUT2D eigenvalue weighted by molar-refractivity contribution is -0.192. The Hall–Kier alpha value is -4.38. The van der Waals surface area contributed by atoms with Gasteiger partial charge in [0.25, 0.3) is 10.0 Å². The summed E-state index contributed by atoms with van der Waals surface area (Å²) in [4.78, 5) is 26.2. The van der Waals surface area contributed by atoms with Crippen molar-refractivity contribution in [3.05, 3.63) is 94.1 Å². The molecule has 0 spiro atoms. The zero-order valence-corrected chi connectivity index (χ0v) is 26.1. The van der Waals surface area contributed by atoms with Crippen LogP contribution in [0.5, 0.6) is 0 Å². The third-order valence-electron chi connectivity index (χ3n) is 6.14. The van der Waals surface area contributed by atoms with Crippen LogP contribution in [0.1, 0.15) is 35.7 Å². The third kappa shape index (κ3) is 9.81. The van der Waals surface area contributed by atoms with E-state index in [1.54, 1.807) is 35.2 Å². The molecule has 0 radical (unpaired) electrons. The van der Waals surface area contributed by atoms with Crippen LogP contribution in [-0.2, 0) is 34.3 Å². The van der Waals surface area contributed by atoms with Gasteiger partial charge in [-0.25, -0.2) is 40.9 Å². The molecule has 2 heterocycles. The molecule has 46 heavy (non-hydrogen) atoms. The van der Waals surface area contributed by atoms with Crippen LogP contribution in [0, 0.1) is 30.3 Å². The van der Waals surface area contributed by atoms with Crippen LogP contribution < -0.4 is 10.0 Å². The molecule has 9 nitrogen and oxygen atoms in total. The van der Waals surface area contributed by atoms with Crippen molar-refractivity contribution in [3.63, 3.8) is 0 Å². The molecular formula is C29H28F6N4O5S2. The van der Waals surface area contributed by atoms with E-state index in [4.69, 9.17) is 9.90 Å². The van der Waals surface area contributed by atoms with Crippen molar-refractivity contribution in [2.24, 2.45) is 5.92 Å². The first-order chi connectivity index (χ1) is 21.4. The number of aliphatic carboxylic acids is 1. The molecule has 17 heteroatoms. The number of hydrogen-bond acceptors (Lipinski definition) is 6. The van der Waals surface area contributed by atoms with E-state index in [0.29, 0.717) is 17.5 Å². The monoisotopic (exact) mass is 690 g/mol. The Labute approximate surface area is 264 Å². The van der Waals surface area contributed by atoms with Gasteiger partial charge in [-0.15, -0.1) is 11.3 Å². The number of halogens is 6. The molecule has 0 unspecified atom stereocenters. The molecule has 2 aromatic carbocycles. The van der Waals surface area contributed by atoms with Gasteiger partial charge < -0.3 is 15.0 Å². The highest BCUT2D eigenvalue weighted by Crippen LogP contribution is 2.37. The first kappa shape index (κ1) is 36.1. The van der Waals surface area contributed by atoms with Crippen LogP contribution in [-0.4, -0.2) is 41.3 Å². The number of nitrogens with one attached hydrogen (secondary N) is 2. The van der Waals surface area contributed by atoms with E-state index in [1.807, 2.05) is 25.5 Å². The van der Waals surface area contributed by atoms with Crippen LogP contribution in [0.4, 0.5) is 31.1 Å². The number of nitrogens with zero attached hydrogens (tertiary/aromatic N) is 2. The lowest BCUT2D eigenvalue weighted by Crippen LogP contribution is -2.38. The maximum atomic E-state index is 15.1. The fourth-order valence-corrected chi connectivity index (χ4v) is 6.84. The molecule has 0 atom stereocenters. The lowest BCUT2D eigenvalue weighted by atomic mass is 10.0. The molecular weight excluding hydrogens is 662 g/mol. The number of sulfonamides is 1. The molecule has 248 valence electrons. The fourth-order valence-electron chi connectivity index (χ4n) is 3.96. The standard InChI is InChI=1S/C27H27F3N4O3S2.C2HF3O2/c1-16(2)10-21-13-22(19-5-6-20(24(29)12-19)15-34-9-8-31-17(34)3)26(38-21)39(36,37)33-27(35)32-14-18-4-7-23(28)25(30)11-18;3-2(4,5)1(6)7/h4-9,11-13,16H,10,14-15H2,1-3H3,(H2,32,33,35);(H,6,7). The Morgan fingerprint density at radius 3 is 2.24 bits per heavy atom. The molecule has 0 saturated carbocycles. The van der Waals surface area contributed by atoms with Gasteiger partial charge in [0.1, 0.15) is 15.9 Å². The van der Waals surface area contributed by atoms with Gasteiger partial charge in [0, 0.05) is 34.9 Å². The van der Waals surface area contributed by atoms with Crippen LogP contribution >= 0.6 is 11.3 Å². The summed E-state index contributed by atoms with van der Waals surface area (Å²) in [6.07, 6.45) is -1.12. The number of carboxylic acids is 1. The quantitative estimate of drug-likeness (QED) is 0.174. The van der Waals surface area contributed by atoms with Crippen LogP contribution in [0.2, 0.25) is 0 Å². The zero-order valence-electron chi connectivity index (χ0n) is 24.5. The Bertz CT molecular complexity index is 1820. The second-order valence-electron chi connectivity index (χ2n) is 10.3. The van der Waals surface area contributed by atoms with Crippen molar-refractivity contribution in [2.45, 2.75) is 50.7 Å². The molecule has 0 aliphatic heterocycles. The summed E-state index contributed by atoms with van der Waals surface area (Å²) in [5, 5.41) is 9.46. The summed E-state index contributed by atoms with van der Waals surface area (Å²) >= 11 is 1.01. The fraction of sp³-hybridized carbons (Fsp3) is 0.276. The summed E-state index contributed by atoms with van der Waals surface area (Å²) < 4.78 is 104. The van der Waals surface area contributed by atoms with E-state index in [9.17, 15) is 35.2 Å². The van der Waals surface area contributed by atoms with E-state index < -0.39 is 45.7 Å². The average Bonchev–Trinajstić information content (AvgIpc) is 3.56. The lowest BCUT2D eigenvalue weighted by Gasteiger charge is -2.11. The third-order valence-corrected chi connectivity index (χ3v) is 9.16. The van der Waals surface area contributed by atoms with Crippen molar-refractivity contribution >= 4 is 33.4 Å². The number of imidazole rings is 1. The van der Waals surface area contributed by atoms with Gasteiger partial charge in [-0.1, -0.05) is 32.0 Å². The Morgan fingerprint density at radius 2 is 1.70 bits per heavy atom. The van der Waals surface area contributed by atoms with Crippen LogP contribution in [0.3, 0.4) is 0 Å². The Morgan fingerprint density at radius 1 is 1.02 bits per heavy atom. The summed E-state index contributed by atoms with van der Waals surface area (Å²) in [7, 11) is -4.35. The number of carbonyl (C=O) groups is 2. The van der Waals surface area contributed by atoms with E-state index in [-0.39, 0.29) is 34.3 Å². The number of thiophene rings is 1. The first-order valence-corrected chi connectivity index (χ1v) is 15.6. The topological polar surface area (TPSA) is 130 Å². The van der Waals surface area contributed by atoms with E-state index in [1.165, 1.54) is 12.1 Å². The van der Waals surface area contributed by atoms with Crippen molar-refractivity contribution in [2.75, 3.05) is 0 Å². The Balaban J connectivity index is 0.000000738. The highest BCUT2D eigenvalue weighted by molar-refractivity contribution is 7.92. The average molecular weight is 691 g/mol. The summed E-state index contributed by atoms with van der Waals surface area (Å²) in [5.41, 5.74) is 1.30. The number of aromatic nitrogens is 2. The number of amides is 2. The zero-order chi connectivity index (χ0) is 34.4. The molecule has 0 saturated heterocycles. The van der Waals surface area contributed by atoms with Gasteiger partial charge in [0.2, 0.25) is 0 Å². The maximum absolute atomic E-state index is 15.1. The van der Waals surface area contributed by atoms with Crippen LogP contribution in [0.25, 0.3) is 11.1 Å². The minimum atomic E-state index is -5.08. The molecule has 3 N–H and O–H groups in total. The molecule has 4 aromatic rings. The predicted molar refractivity (Wildman–Crippen MR) is 157 cm³/mol. The molecule has 2 aromatic heterocycles. The molecule has 0 bridgehead atoms. The molecule has 0 fully saturated rings. The second-order valence-corrected chi connectivity index (χ2v) is 13.3. The number of benzene rings is 2. The Kier molecular flexibility index (Phi) is 11.6. The van der Waals surface area contributed by atoms with Gasteiger partial charge in [-0.3, -0.25) is 0 Å². The first-order valence-electron chi connectivity index (χ1n) is 13.3. The van der Waals surface area contributed by atoms with Gasteiger partial charge >= 0.3 is 18.2 Å². The second kappa shape index (κ2) is 14.8.